The van der Waals surface area contributed by atoms with E-state index in [9.17, 15) is 13.6 Å². The highest BCUT2D eigenvalue weighted by Gasteiger charge is 2.19. The summed E-state index contributed by atoms with van der Waals surface area (Å²) >= 11 is 2.91. The summed E-state index contributed by atoms with van der Waals surface area (Å²) in [5.41, 5.74) is -0.546. The molecule has 1 rings (SSSR count). The van der Waals surface area contributed by atoms with Crippen molar-refractivity contribution in [1.29, 1.82) is 0 Å². The van der Waals surface area contributed by atoms with Gasteiger partial charge in [0.05, 0.1) is 4.47 Å². The van der Waals surface area contributed by atoms with Gasteiger partial charge in [0.25, 0.3) is 5.91 Å². The van der Waals surface area contributed by atoms with E-state index in [4.69, 9.17) is 0 Å². The summed E-state index contributed by atoms with van der Waals surface area (Å²) in [6.45, 7) is 4.17. The van der Waals surface area contributed by atoms with E-state index in [2.05, 4.69) is 21.2 Å². The van der Waals surface area contributed by atoms with Crippen molar-refractivity contribution >= 4 is 21.8 Å². The van der Waals surface area contributed by atoms with Gasteiger partial charge in [-0.1, -0.05) is 13.8 Å². The van der Waals surface area contributed by atoms with E-state index in [1.807, 2.05) is 13.8 Å². The molecule has 0 heterocycles. The second-order valence-electron chi connectivity index (χ2n) is 3.82. The number of halogens is 3. The Bertz CT molecular complexity index is 407. The summed E-state index contributed by atoms with van der Waals surface area (Å²) in [6, 6.07) is 2.28. The average molecular weight is 292 g/mol. The molecule has 0 radical (unpaired) electrons. The first kappa shape index (κ1) is 13.1. The van der Waals surface area contributed by atoms with Crippen molar-refractivity contribution in [2.24, 2.45) is 5.92 Å². The molecule has 0 aliphatic carbocycles. The molecule has 0 aliphatic rings. The minimum absolute atomic E-state index is 0.0728. The summed E-state index contributed by atoms with van der Waals surface area (Å²) in [4.78, 5) is 11.5. The second-order valence-corrected chi connectivity index (χ2v) is 4.68. The summed E-state index contributed by atoms with van der Waals surface area (Å²) in [5.74, 6) is -2.24. The molecule has 88 valence electrons. The maximum Gasteiger partial charge on any atom is 0.257 e. The van der Waals surface area contributed by atoms with Crippen molar-refractivity contribution in [2.75, 3.05) is 6.54 Å². The topological polar surface area (TPSA) is 29.1 Å². The predicted octanol–water partition coefficient (Wildman–Crippen LogP) is 3.11. The van der Waals surface area contributed by atoms with Crippen LogP contribution in [0.15, 0.2) is 16.6 Å². The first-order valence-corrected chi connectivity index (χ1v) is 5.64. The monoisotopic (exact) mass is 291 g/mol. The Morgan fingerprint density at radius 2 is 2.06 bits per heavy atom. The quantitative estimate of drug-likeness (QED) is 0.852. The van der Waals surface area contributed by atoms with Gasteiger partial charge in [-0.15, -0.1) is 0 Å². The van der Waals surface area contributed by atoms with E-state index < -0.39 is 23.1 Å². The van der Waals surface area contributed by atoms with Gasteiger partial charge in [0.2, 0.25) is 0 Å². The number of hydrogen-bond donors (Lipinski definition) is 1. The van der Waals surface area contributed by atoms with Gasteiger partial charge in [0.1, 0.15) is 11.4 Å². The third kappa shape index (κ3) is 3.01. The first-order chi connectivity index (χ1) is 7.43. The van der Waals surface area contributed by atoms with Crippen molar-refractivity contribution in [3.05, 3.63) is 33.8 Å². The van der Waals surface area contributed by atoms with Gasteiger partial charge in [-0.25, -0.2) is 8.78 Å². The molecule has 0 bridgehead atoms. The Morgan fingerprint density at radius 1 is 1.44 bits per heavy atom. The fraction of sp³-hybridized carbons (Fsp3) is 0.364. The van der Waals surface area contributed by atoms with E-state index in [1.54, 1.807) is 0 Å². The van der Waals surface area contributed by atoms with Crippen molar-refractivity contribution in [3.63, 3.8) is 0 Å². The van der Waals surface area contributed by atoms with E-state index in [0.29, 0.717) is 6.54 Å². The number of carbonyl (C=O) groups excluding carboxylic acids is 1. The minimum atomic E-state index is -0.874. The third-order valence-corrected chi connectivity index (χ3v) is 2.55. The SMILES string of the molecule is CC(C)CNC(=O)c1c(F)ccc(Br)c1F. The number of benzene rings is 1. The maximum absolute atomic E-state index is 13.5. The Morgan fingerprint density at radius 3 is 2.62 bits per heavy atom. The van der Waals surface area contributed by atoms with Crippen LogP contribution in [0.25, 0.3) is 0 Å². The fourth-order valence-corrected chi connectivity index (χ4v) is 1.45. The lowest BCUT2D eigenvalue weighted by molar-refractivity contribution is 0.0940. The molecule has 5 heteroatoms. The van der Waals surface area contributed by atoms with E-state index in [-0.39, 0.29) is 10.4 Å². The molecule has 1 aromatic carbocycles. The standard InChI is InChI=1S/C11H12BrF2NO/c1-6(2)5-15-11(16)9-8(13)4-3-7(12)10(9)14/h3-4,6H,5H2,1-2H3,(H,15,16). The van der Waals surface area contributed by atoms with Crippen LogP contribution < -0.4 is 5.32 Å². The van der Waals surface area contributed by atoms with Crippen LogP contribution in [-0.4, -0.2) is 12.5 Å². The molecule has 0 saturated carbocycles. The Balaban J connectivity index is 2.95. The van der Waals surface area contributed by atoms with Gasteiger partial charge >= 0.3 is 0 Å². The van der Waals surface area contributed by atoms with Gasteiger partial charge in [0.15, 0.2) is 5.82 Å². The van der Waals surface area contributed by atoms with Gasteiger partial charge in [-0.05, 0) is 34.0 Å². The zero-order valence-electron chi connectivity index (χ0n) is 8.98. The Labute approximate surface area is 101 Å². The summed E-state index contributed by atoms with van der Waals surface area (Å²) in [5, 5.41) is 2.47. The predicted molar refractivity (Wildman–Crippen MR) is 61.2 cm³/mol. The van der Waals surface area contributed by atoms with Gasteiger partial charge in [0, 0.05) is 6.54 Å². The summed E-state index contributed by atoms with van der Waals surface area (Å²) in [7, 11) is 0. The zero-order chi connectivity index (χ0) is 12.3. The fourth-order valence-electron chi connectivity index (χ4n) is 1.12. The molecular weight excluding hydrogens is 280 g/mol. The summed E-state index contributed by atoms with van der Waals surface area (Å²) < 4.78 is 26.8. The molecule has 0 fully saturated rings. The largest absolute Gasteiger partial charge is 0.352 e. The van der Waals surface area contributed by atoms with Crippen molar-refractivity contribution < 1.29 is 13.6 Å². The van der Waals surface area contributed by atoms with Gasteiger partial charge < -0.3 is 5.32 Å². The normalized spacial score (nSPS) is 10.6. The molecule has 0 aliphatic heterocycles. The number of amides is 1. The average Bonchev–Trinajstić information content (AvgIpc) is 2.21. The van der Waals surface area contributed by atoms with Gasteiger partial charge in [-0.3, -0.25) is 4.79 Å². The molecule has 16 heavy (non-hydrogen) atoms. The van der Waals surface area contributed by atoms with Crippen LogP contribution in [0.4, 0.5) is 8.78 Å². The molecule has 0 spiro atoms. The van der Waals surface area contributed by atoms with Crippen LogP contribution in [0.2, 0.25) is 0 Å². The lowest BCUT2D eigenvalue weighted by atomic mass is 10.1. The van der Waals surface area contributed by atoms with Crippen LogP contribution in [0, 0.1) is 17.6 Å². The van der Waals surface area contributed by atoms with Crippen molar-refractivity contribution in [3.8, 4) is 0 Å². The van der Waals surface area contributed by atoms with Crippen LogP contribution in [0.1, 0.15) is 24.2 Å². The van der Waals surface area contributed by atoms with Crippen LogP contribution in [0.5, 0.6) is 0 Å². The molecule has 0 saturated heterocycles. The molecule has 0 atom stereocenters. The minimum Gasteiger partial charge on any atom is -0.352 e. The number of rotatable bonds is 3. The zero-order valence-corrected chi connectivity index (χ0v) is 10.6. The maximum atomic E-state index is 13.5. The van der Waals surface area contributed by atoms with E-state index in [0.717, 1.165) is 6.07 Å². The van der Waals surface area contributed by atoms with Gasteiger partial charge in [-0.2, -0.15) is 0 Å². The second kappa shape index (κ2) is 5.39. The highest BCUT2D eigenvalue weighted by molar-refractivity contribution is 9.10. The lowest BCUT2D eigenvalue weighted by Gasteiger charge is -2.09. The molecule has 0 unspecified atom stereocenters. The number of nitrogens with one attached hydrogen (secondary N) is 1. The first-order valence-electron chi connectivity index (χ1n) is 4.85. The molecule has 2 nitrogen and oxygen atoms in total. The lowest BCUT2D eigenvalue weighted by Crippen LogP contribution is -2.29. The number of hydrogen-bond acceptors (Lipinski definition) is 1. The third-order valence-electron chi connectivity index (χ3n) is 1.94. The van der Waals surface area contributed by atoms with E-state index >= 15 is 0 Å². The van der Waals surface area contributed by atoms with Crippen molar-refractivity contribution in [1.82, 2.24) is 5.32 Å². The Kier molecular flexibility index (Phi) is 4.41. The van der Waals surface area contributed by atoms with Crippen LogP contribution >= 0.6 is 15.9 Å². The highest BCUT2D eigenvalue weighted by Crippen LogP contribution is 2.21. The number of carbonyl (C=O) groups is 1. The molecule has 1 N–H and O–H groups in total. The van der Waals surface area contributed by atoms with Crippen LogP contribution in [0.3, 0.4) is 0 Å². The molecule has 1 amide bonds. The van der Waals surface area contributed by atoms with Crippen LogP contribution in [-0.2, 0) is 0 Å². The Hall–Kier alpha value is -0.970. The highest BCUT2D eigenvalue weighted by atomic mass is 79.9. The summed E-state index contributed by atoms with van der Waals surface area (Å²) in [6.07, 6.45) is 0. The van der Waals surface area contributed by atoms with E-state index in [1.165, 1.54) is 6.07 Å². The molecular formula is C11H12BrF2NO. The molecule has 1 aromatic rings. The smallest absolute Gasteiger partial charge is 0.257 e. The van der Waals surface area contributed by atoms with Crippen molar-refractivity contribution in [2.45, 2.75) is 13.8 Å². The molecule has 0 aromatic heterocycles.